The molecule has 0 atom stereocenters. The maximum Gasteiger partial charge on any atom is 0.355 e. The van der Waals surface area contributed by atoms with Crippen molar-refractivity contribution in [1.29, 1.82) is 0 Å². The van der Waals surface area contributed by atoms with E-state index in [-0.39, 0.29) is 23.5 Å². The van der Waals surface area contributed by atoms with Crippen LogP contribution >= 0.6 is 11.6 Å². The Hall–Kier alpha value is -4.88. The molecular formula is C31H21ClN4O3. The number of nitrogens with one attached hydrogen (secondary N) is 1. The summed E-state index contributed by atoms with van der Waals surface area (Å²) in [6, 6.07) is 25.8. The van der Waals surface area contributed by atoms with Crippen LogP contribution in [0.4, 0.5) is 0 Å². The van der Waals surface area contributed by atoms with E-state index in [0.29, 0.717) is 27.5 Å². The number of hydrogen-bond acceptors (Lipinski definition) is 6. The molecule has 0 radical (unpaired) electrons. The Bertz CT molecular complexity index is 1920. The highest BCUT2D eigenvalue weighted by Gasteiger charge is 2.19. The van der Waals surface area contributed by atoms with Gasteiger partial charge in [0.05, 0.1) is 21.9 Å². The number of hydrogen-bond donors (Lipinski definition) is 1. The first-order valence-corrected chi connectivity index (χ1v) is 12.6. The van der Waals surface area contributed by atoms with Crippen LogP contribution in [0.3, 0.4) is 0 Å². The first-order chi connectivity index (χ1) is 19.0. The maximum absolute atomic E-state index is 13.2. The van der Waals surface area contributed by atoms with Crippen molar-refractivity contribution in [2.75, 3.05) is 0 Å². The molecule has 3 heterocycles. The van der Waals surface area contributed by atoms with E-state index in [4.69, 9.17) is 26.3 Å². The Morgan fingerprint density at radius 3 is 2.44 bits per heavy atom. The van der Waals surface area contributed by atoms with E-state index in [1.165, 1.54) is 6.07 Å². The lowest BCUT2D eigenvalue weighted by Crippen LogP contribution is -2.15. The molecule has 0 saturated carbocycles. The van der Waals surface area contributed by atoms with E-state index in [9.17, 15) is 9.59 Å². The monoisotopic (exact) mass is 532 g/mol. The van der Waals surface area contributed by atoms with Crippen LogP contribution in [0.2, 0.25) is 5.02 Å². The lowest BCUT2D eigenvalue weighted by atomic mass is 10.0. The van der Waals surface area contributed by atoms with Gasteiger partial charge in [-0.05, 0) is 30.7 Å². The van der Waals surface area contributed by atoms with Gasteiger partial charge in [0.1, 0.15) is 12.3 Å². The number of ether oxygens (including phenoxy) is 1. The second-order valence-corrected chi connectivity index (χ2v) is 9.53. The summed E-state index contributed by atoms with van der Waals surface area (Å²) >= 11 is 6.57. The second kappa shape index (κ2) is 10.1. The average Bonchev–Trinajstić information content (AvgIpc) is 2.96. The summed E-state index contributed by atoms with van der Waals surface area (Å²) in [6.07, 6.45) is 1.68. The number of aryl methyl sites for hydroxylation is 1. The Labute approximate surface area is 228 Å². The third-order valence-electron chi connectivity index (χ3n) is 6.35. The summed E-state index contributed by atoms with van der Waals surface area (Å²) in [4.78, 5) is 42.8. The summed E-state index contributed by atoms with van der Waals surface area (Å²) in [5.74, 6) is -0.657. The van der Waals surface area contributed by atoms with Crippen LogP contribution in [0, 0.1) is 6.92 Å². The number of fused-ring (bicyclic) bond motifs is 2. The van der Waals surface area contributed by atoms with E-state index < -0.39 is 11.4 Å². The molecule has 6 rings (SSSR count). The number of nitrogens with zero attached hydrogens (tertiary/aromatic N) is 3. The number of benzene rings is 3. The van der Waals surface area contributed by atoms with Crippen LogP contribution in [0.5, 0.6) is 0 Å². The van der Waals surface area contributed by atoms with Gasteiger partial charge in [-0.15, -0.1) is 0 Å². The van der Waals surface area contributed by atoms with Crippen LogP contribution in [-0.4, -0.2) is 25.9 Å². The highest BCUT2D eigenvalue weighted by Crippen LogP contribution is 2.34. The smallest absolute Gasteiger partial charge is 0.355 e. The highest BCUT2D eigenvalue weighted by molar-refractivity contribution is 6.35. The minimum absolute atomic E-state index is 0.000460. The topological polar surface area (TPSA) is 97.8 Å². The zero-order valence-electron chi connectivity index (χ0n) is 20.8. The molecule has 0 aliphatic rings. The molecule has 190 valence electrons. The third kappa shape index (κ3) is 4.87. The molecule has 39 heavy (non-hydrogen) atoms. The number of carbonyl (C=O) groups excluding carboxylic acids is 1. The molecule has 0 amide bonds. The summed E-state index contributed by atoms with van der Waals surface area (Å²) in [5.41, 5.74) is 4.95. The second-order valence-electron chi connectivity index (χ2n) is 9.13. The summed E-state index contributed by atoms with van der Waals surface area (Å²) in [7, 11) is 0. The molecule has 8 heteroatoms. The van der Waals surface area contributed by atoms with Gasteiger partial charge in [-0.3, -0.25) is 9.78 Å². The molecule has 0 aliphatic carbocycles. The Kier molecular flexibility index (Phi) is 6.34. The number of carbonyl (C=O) groups is 1. The average molecular weight is 533 g/mol. The van der Waals surface area contributed by atoms with Gasteiger partial charge < -0.3 is 9.72 Å². The van der Waals surface area contributed by atoms with Crippen molar-refractivity contribution >= 4 is 39.6 Å². The predicted molar refractivity (Wildman–Crippen MR) is 152 cm³/mol. The third-order valence-corrected chi connectivity index (χ3v) is 6.64. The van der Waals surface area contributed by atoms with Gasteiger partial charge in [0.15, 0.2) is 11.2 Å². The molecule has 0 saturated heterocycles. The van der Waals surface area contributed by atoms with Gasteiger partial charge in [-0.1, -0.05) is 77.8 Å². The lowest BCUT2D eigenvalue weighted by molar-refractivity contribution is 0.0466. The van der Waals surface area contributed by atoms with E-state index in [1.54, 1.807) is 12.3 Å². The molecule has 7 nitrogen and oxygen atoms in total. The van der Waals surface area contributed by atoms with E-state index in [1.807, 2.05) is 79.7 Å². The van der Waals surface area contributed by atoms with Crippen molar-refractivity contribution in [2.24, 2.45) is 0 Å². The normalized spacial score (nSPS) is 11.1. The van der Waals surface area contributed by atoms with Crippen molar-refractivity contribution in [3.63, 3.8) is 0 Å². The quantitative estimate of drug-likeness (QED) is 0.254. The van der Waals surface area contributed by atoms with E-state index in [2.05, 4.69) is 9.97 Å². The summed E-state index contributed by atoms with van der Waals surface area (Å²) in [6.45, 7) is 2.06. The molecule has 3 aromatic carbocycles. The van der Waals surface area contributed by atoms with Gasteiger partial charge in [0, 0.05) is 28.8 Å². The van der Waals surface area contributed by atoms with E-state index >= 15 is 0 Å². The Balaban J connectivity index is 1.46. The number of esters is 1. The van der Waals surface area contributed by atoms with Crippen molar-refractivity contribution in [3.8, 4) is 22.5 Å². The van der Waals surface area contributed by atoms with Crippen molar-refractivity contribution in [2.45, 2.75) is 13.5 Å². The van der Waals surface area contributed by atoms with Gasteiger partial charge in [-0.2, -0.15) is 0 Å². The van der Waals surface area contributed by atoms with Crippen LogP contribution in [-0.2, 0) is 11.3 Å². The molecule has 0 spiro atoms. The van der Waals surface area contributed by atoms with Crippen LogP contribution in [0.25, 0.3) is 44.6 Å². The molecule has 0 bridgehead atoms. The fourth-order valence-electron chi connectivity index (χ4n) is 4.36. The fraction of sp³-hybridized carbons (Fsp3) is 0.0645. The zero-order valence-corrected chi connectivity index (χ0v) is 21.6. The molecule has 3 aromatic heterocycles. The van der Waals surface area contributed by atoms with E-state index in [0.717, 1.165) is 22.1 Å². The lowest BCUT2D eigenvalue weighted by Gasteiger charge is -2.12. The van der Waals surface area contributed by atoms with Crippen molar-refractivity contribution < 1.29 is 9.53 Å². The molecular weight excluding hydrogens is 512 g/mol. The number of rotatable bonds is 5. The molecule has 0 aliphatic heterocycles. The molecule has 6 aromatic rings. The Morgan fingerprint density at radius 1 is 0.872 bits per heavy atom. The first kappa shape index (κ1) is 24.5. The Morgan fingerprint density at radius 2 is 1.64 bits per heavy atom. The molecule has 0 fully saturated rings. The summed E-state index contributed by atoms with van der Waals surface area (Å²) < 4.78 is 5.44. The zero-order chi connectivity index (χ0) is 26.9. The van der Waals surface area contributed by atoms with Crippen LogP contribution < -0.4 is 5.43 Å². The number of aromatic amines is 1. The summed E-state index contributed by atoms with van der Waals surface area (Å²) in [5, 5.41) is 1.30. The van der Waals surface area contributed by atoms with Gasteiger partial charge in [-0.25, -0.2) is 14.8 Å². The minimum Gasteiger partial charge on any atom is -0.456 e. The number of H-pyrrole nitrogens is 1. The molecule has 0 unspecified atom stereocenters. The van der Waals surface area contributed by atoms with Crippen molar-refractivity contribution in [3.05, 3.63) is 123 Å². The van der Waals surface area contributed by atoms with Crippen molar-refractivity contribution in [1.82, 2.24) is 19.9 Å². The van der Waals surface area contributed by atoms with Gasteiger partial charge in [0.2, 0.25) is 5.43 Å². The fourth-order valence-corrected chi connectivity index (χ4v) is 4.64. The number of halogens is 1. The first-order valence-electron chi connectivity index (χ1n) is 12.2. The number of pyridine rings is 2. The number of aromatic nitrogens is 4. The largest absolute Gasteiger partial charge is 0.456 e. The predicted octanol–water partition coefficient (Wildman–Crippen LogP) is 6.52. The van der Waals surface area contributed by atoms with Gasteiger partial charge in [0.25, 0.3) is 0 Å². The van der Waals surface area contributed by atoms with Crippen LogP contribution in [0.1, 0.15) is 21.6 Å². The standard InChI is InChI=1S/C31H21ClN4O3/c1-18-9-11-19(12-10-18)17-39-31(38)24-16-25(37)29-30(34-24)36-27(20-6-3-2-4-7-20)28(35-29)22-14-21-8-5-13-33-26(21)23(32)15-22/h2-16H,17H2,1H3,(H,34,36,37). The molecule has 1 N–H and O–H groups in total. The van der Waals surface area contributed by atoms with Gasteiger partial charge >= 0.3 is 5.97 Å². The van der Waals surface area contributed by atoms with Crippen LogP contribution in [0.15, 0.2) is 95.9 Å². The SMILES string of the molecule is Cc1ccc(COC(=O)c2cc(=O)c3nc(-c4cc(Cl)c5ncccc5c4)c(-c4ccccc4)nc3[nH]2)cc1. The highest BCUT2D eigenvalue weighted by atomic mass is 35.5. The minimum atomic E-state index is -0.657. The maximum atomic E-state index is 13.2.